The summed E-state index contributed by atoms with van der Waals surface area (Å²) in [6.07, 6.45) is -0.136. The van der Waals surface area contributed by atoms with Crippen molar-refractivity contribution in [2.24, 2.45) is 5.92 Å². The summed E-state index contributed by atoms with van der Waals surface area (Å²) in [5, 5.41) is 1.45. The van der Waals surface area contributed by atoms with Gasteiger partial charge in [0, 0.05) is 0 Å². The molecule has 2 aliphatic rings. The van der Waals surface area contributed by atoms with Crippen LogP contribution in [0.15, 0.2) is 30.3 Å². The Bertz CT molecular complexity index is 516. The first-order valence-electron chi connectivity index (χ1n) is 7.29. The molecule has 1 amide bonds. The number of nitrogens with zero attached hydrogens (tertiary/aromatic N) is 1. The Balaban J connectivity index is 1.62. The van der Waals surface area contributed by atoms with Gasteiger partial charge in [0.2, 0.25) is 0 Å². The summed E-state index contributed by atoms with van der Waals surface area (Å²) < 4.78 is 11.4. The monoisotopic (exact) mass is 291 g/mol. The molecule has 0 saturated carbocycles. The fourth-order valence-corrected chi connectivity index (χ4v) is 2.84. The molecule has 3 rings (SSSR count). The summed E-state index contributed by atoms with van der Waals surface area (Å²) in [6.45, 7) is 6.54. The zero-order chi connectivity index (χ0) is 15.0. The van der Waals surface area contributed by atoms with Gasteiger partial charge in [0.25, 0.3) is 5.91 Å². The lowest BCUT2D eigenvalue weighted by atomic mass is 9.87. The Hall–Kier alpha value is -1.43. The number of β-lactam (4-membered cyclic amide) rings is 1. The van der Waals surface area contributed by atoms with E-state index in [9.17, 15) is 4.79 Å². The third-order valence-electron chi connectivity index (χ3n) is 4.01. The zero-order valence-electron chi connectivity index (χ0n) is 12.6. The highest BCUT2D eigenvalue weighted by atomic mass is 16.8. The van der Waals surface area contributed by atoms with Crippen molar-refractivity contribution in [3.8, 4) is 0 Å². The number of hydrogen-bond donors (Lipinski definition) is 0. The van der Waals surface area contributed by atoms with Crippen molar-refractivity contribution >= 4 is 5.91 Å². The maximum absolute atomic E-state index is 12.0. The minimum atomic E-state index is -0.589. The van der Waals surface area contributed by atoms with Crippen LogP contribution in [-0.2, 0) is 25.7 Å². The number of benzene rings is 1. The molecule has 2 heterocycles. The van der Waals surface area contributed by atoms with Gasteiger partial charge in [-0.05, 0) is 19.4 Å². The lowest BCUT2D eigenvalue weighted by Crippen LogP contribution is -2.64. The maximum Gasteiger partial charge on any atom is 0.251 e. The number of hydroxylamine groups is 2. The molecule has 0 bridgehead atoms. The molecule has 114 valence electrons. The molecule has 2 aliphatic heterocycles. The van der Waals surface area contributed by atoms with E-state index in [1.807, 2.05) is 51.1 Å². The van der Waals surface area contributed by atoms with Crippen molar-refractivity contribution in [3.05, 3.63) is 35.9 Å². The predicted octanol–water partition coefficient (Wildman–Crippen LogP) is 2.12. The van der Waals surface area contributed by atoms with Gasteiger partial charge in [-0.3, -0.25) is 9.63 Å². The van der Waals surface area contributed by atoms with Crippen molar-refractivity contribution in [3.63, 3.8) is 0 Å². The molecule has 0 spiro atoms. The fraction of sp³-hybridized carbons (Fsp3) is 0.562. The van der Waals surface area contributed by atoms with Crippen LogP contribution in [0.1, 0.15) is 26.3 Å². The minimum absolute atomic E-state index is 0.00392. The molecule has 2 saturated heterocycles. The van der Waals surface area contributed by atoms with Gasteiger partial charge in [0.1, 0.15) is 12.7 Å². The predicted molar refractivity (Wildman–Crippen MR) is 75.9 cm³/mol. The molecule has 0 aliphatic carbocycles. The molecule has 3 atom stereocenters. The van der Waals surface area contributed by atoms with E-state index >= 15 is 0 Å². The third-order valence-corrected chi connectivity index (χ3v) is 4.01. The van der Waals surface area contributed by atoms with Crippen molar-refractivity contribution < 1.29 is 19.1 Å². The molecule has 0 aromatic heterocycles. The topological polar surface area (TPSA) is 48.0 Å². The van der Waals surface area contributed by atoms with Gasteiger partial charge >= 0.3 is 0 Å². The van der Waals surface area contributed by atoms with Crippen LogP contribution >= 0.6 is 0 Å². The Kier molecular flexibility index (Phi) is 3.73. The Morgan fingerprint density at radius 2 is 2.05 bits per heavy atom. The first-order chi connectivity index (χ1) is 9.98. The van der Waals surface area contributed by atoms with E-state index in [-0.39, 0.29) is 24.0 Å². The summed E-state index contributed by atoms with van der Waals surface area (Å²) in [5.41, 5.74) is 1.03. The van der Waals surface area contributed by atoms with Crippen LogP contribution < -0.4 is 0 Å². The first kappa shape index (κ1) is 14.5. The summed E-state index contributed by atoms with van der Waals surface area (Å²) in [6, 6.07) is 9.72. The summed E-state index contributed by atoms with van der Waals surface area (Å²) >= 11 is 0. The SMILES string of the molecule is C[C@H]1C(=O)N(OCc2ccccc2)[C@@H]1[C@@H]1COC(C)(C)O1. The third kappa shape index (κ3) is 2.81. The average molecular weight is 291 g/mol. The molecule has 5 heteroatoms. The van der Waals surface area contributed by atoms with Gasteiger partial charge in [-0.2, -0.15) is 0 Å². The van der Waals surface area contributed by atoms with Crippen LogP contribution in [0.2, 0.25) is 0 Å². The smallest absolute Gasteiger partial charge is 0.251 e. The van der Waals surface area contributed by atoms with Crippen LogP contribution in [0.25, 0.3) is 0 Å². The van der Waals surface area contributed by atoms with Crippen LogP contribution in [0, 0.1) is 5.92 Å². The van der Waals surface area contributed by atoms with Gasteiger partial charge in [-0.1, -0.05) is 37.3 Å². The van der Waals surface area contributed by atoms with Crippen LogP contribution in [0.3, 0.4) is 0 Å². The standard InChI is InChI=1S/C16H21NO4/c1-11-14(13-10-19-16(2,3)21-13)17(15(11)18)20-9-12-7-5-4-6-8-12/h4-8,11,13-14H,9-10H2,1-3H3/t11-,13+,14+/m1/s1. The molecule has 1 aromatic carbocycles. The van der Waals surface area contributed by atoms with E-state index in [1.165, 1.54) is 5.06 Å². The van der Waals surface area contributed by atoms with E-state index in [0.717, 1.165) is 5.56 Å². The second kappa shape index (κ2) is 5.40. The molecule has 1 aromatic rings. The molecule has 2 fully saturated rings. The number of carbonyl (C=O) groups is 1. The number of amides is 1. The quantitative estimate of drug-likeness (QED) is 0.797. The van der Waals surface area contributed by atoms with E-state index in [4.69, 9.17) is 14.3 Å². The lowest BCUT2D eigenvalue weighted by Gasteiger charge is -2.46. The Morgan fingerprint density at radius 3 is 2.67 bits per heavy atom. The van der Waals surface area contributed by atoms with Gasteiger partial charge in [0.05, 0.1) is 18.6 Å². The molecule has 21 heavy (non-hydrogen) atoms. The number of carbonyl (C=O) groups excluding carboxylic acids is 1. The van der Waals surface area contributed by atoms with Crippen molar-refractivity contribution in [2.75, 3.05) is 6.61 Å². The van der Waals surface area contributed by atoms with Gasteiger partial charge < -0.3 is 9.47 Å². The van der Waals surface area contributed by atoms with E-state index in [1.54, 1.807) is 0 Å². The van der Waals surface area contributed by atoms with Crippen molar-refractivity contribution in [1.29, 1.82) is 0 Å². The molecule has 0 radical (unpaired) electrons. The molecule has 5 nitrogen and oxygen atoms in total. The highest BCUT2D eigenvalue weighted by Gasteiger charge is 2.53. The molecule has 0 N–H and O–H groups in total. The van der Waals surface area contributed by atoms with E-state index in [2.05, 4.69) is 0 Å². The summed E-state index contributed by atoms with van der Waals surface area (Å²) in [5.74, 6) is -0.679. The summed E-state index contributed by atoms with van der Waals surface area (Å²) in [7, 11) is 0. The minimum Gasteiger partial charge on any atom is -0.348 e. The number of hydrogen-bond acceptors (Lipinski definition) is 4. The van der Waals surface area contributed by atoms with Gasteiger partial charge in [0.15, 0.2) is 5.79 Å². The Morgan fingerprint density at radius 1 is 1.33 bits per heavy atom. The number of ether oxygens (including phenoxy) is 2. The van der Waals surface area contributed by atoms with E-state index in [0.29, 0.717) is 13.2 Å². The second-order valence-corrected chi connectivity index (χ2v) is 6.07. The molecular weight excluding hydrogens is 270 g/mol. The normalized spacial score (nSPS) is 31.3. The maximum atomic E-state index is 12.0. The lowest BCUT2D eigenvalue weighted by molar-refractivity contribution is -0.265. The Labute approximate surface area is 124 Å². The average Bonchev–Trinajstić information content (AvgIpc) is 2.83. The zero-order valence-corrected chi connectivity index (χ0v) is 12.6. The van der Waals surface area contributed by atoms with Crippen LogP contribution in [0.5, 0.6) is 0 Å². The number of rotatable bonds is 4. The van der Waals surface area contributed by atoms with Gasteiger partial charge in [-0.15, -0.1) is 0 Å². The summed E-state index contributed by atoms with van der Waals surface area (Å²) in [4.78, 5) is 17.7. The van der Waals surface area contributed by atoms with Crippen molar-refractivity contribution in [2.45, 2.75) is 45.3 Å². The highest BCUT2D eigenvalue weighted by Crippen LogP contribution is 2.36. The first-order valence-corrected chi connectivity index (χ1v) is 7.29. The van der Waals surface area contributed by atoms with E-state index < -0.39 is 5.79 Å². The largest absolute Gasteiger partial charge is 0.348 e. The molecule has 0 unspecified atom stereocenters. The van der Waals surface area contributed by atoms with Gasteiger partial charge in [-0.25, -0.2) is 5.06 Å². The highest BCUT2D eigenvalue weighted by molar-refractivity contribution is 5.84. The van der Waals surface area contributed by atoms with Crippen LogP contribution in [0.4, 0.5) is 0 Å². The fourth-order valence-electron chi connectivity index (χ4n) is 2.84. The molecular formula is C16H21NO4. The van der Waals surface area contributed by atoms with Crippen LogP contribution in [-0.4, -0.2) is 35.5 Å². The van der Waals surface area contributed by atoms with Crippen molar-refractivity contribution in [1.82, 2.24) is 5.06 Å². The second-order valence-electron chi connectivity index (χ2n) is 6.07.